The van der Waals surface area contributed by atoms with Gasteiger partial charge in [0.2, 0.25) is 5.60 Å². The van der Waals surface area contributed by atoms with Crippen LogP contribution in [0.25, 0.3) is 22.3 Å². The lowest BCUT2D eigenvalue weighted by Crippen LogP contribution is -2.47. The van der Waals surface area contributed by atoms with Crippen LogP contribution in [0.2, 0.25) is 13.1 Å². The molecule has 0 aliphatic carbocycles. The fourth-order valence-electron chi connectivity index (χ4n) is 5.85. The summed E-state index contributed by atoms with van der Waals surface area (Å²) in [5.41, 5.74) is 2.79. The molecular weight excluding hydrogens is 566 g/mol. The summed E-state index contributed by atoms with van der Waals surface area (Å²) in [5.74, 6) is -1.47. The van der Waals surface area contributed by atoms with Crippen LogP contribution in [0.3, 0.4) is 0 Å². The molecule has 43 heavy (non-hydrogen) atoms. The Balaban J connectivity index is 1.56. The van der Waals surface area contributed by atoms with Gasteiger partial charge < -0.3 is 24.1 Å². The zero-order chi connectivity index (χ0) is 31.3. The number of benzene rings is 1. The van der Waals surface area contributed by atoms with Crippen molar-refractivity contribution in [3.8, 4) is 11.4 Å². The molecule has 0 saturated carbocycles. The van der Waals surface area contributed by atoms with Gasteiger partial charge in [0.25, 0.3) is 5.56 Å². The number of nitrogens with zero attached hydrogens (tertiary/aromatic N) is 2. The SMILES string of the molecule is C=C[Si-](C)(C)c1c2c(nc3ccccc13)-c1cc3c(c(=O)n1C2)COC(=O)[C@@]3(CC)OC(=O)CCNC(=O)OC(C)(C)C. The summed E-state index contributed by atoms with van der Waals surface area (Å²) in [6, 6.07) is 9.67. The number of alkyl carbamates (subject to hydrolysis) is 1. The van der Waals surface area contributed by atoms with E-state index in [1.54, 1.807) is 38.3 Å². The van der Waals surface area contributed by atoms with Crippen molar-refractivity contribution in [3.05, 3.63) is 69.7 Å². The molecule has 2 aliphatic heterocycles. The van der Waals surface area contributed by atoms with E-state index in [1.807, 2.05) is 23.9 Å². The summed E-state index contributed by atoms with van der Waals surface area (Å²) >= 11 is 0. The zero-order valence-corrected chi connectivity index (χ0v) is 26.5. The molecule has 1 aromatic carbocycles. The van der Waals surface area contributed by atoms with Crippen LogP contribution in [0.1, 0.15) is 57.2 Å². The summed E-state index contributed by atoms with van der Waals surface area (Å²) in [6.45, 7) is 15.5. The Morgan fingerprint density at radius 3 is 2.60 bits per heavy atom. The third-order valence-corrected chi connectivity index (χ3v) is 10.9. The molecule has 5 rings (SSSR count). The number of cyclic esters (lactones) is 1. The molecule has 11 heteroatoms. The molecule has 0 radical (unpaired) electrons. The third kappa shape index (κ3) is 5.26. The first-order valence-electron chi connectivity index (χ1n) is 14.4. The lowest BCUT2D eigenvalue weighted by atomic mass is 9.85. The number of rotatable bonds is 7. The molecule has 4 heterocycles. The van der Waals surface area contributed by atoms with Crippen LogP contribution in [0.4, 0.5) is 4.79 Å². The van der Waals surface area contributed by atoms with E-state index in [0.29, 0.717) is 23.5 Å². The fraction of sp³-hybridized carbons (Fsp3) is 0.406. The summed E-state index contributed by atoms with van der Waals surface area (Å²) in [4.78, 5) is 57.3. The number of para-hydroxylation sites is 1. The van der Waals surface area contributed by atoms with Crippen molar-refractivity contribution in [2.24, 2.45) is 0 Å². The number of carbonyl (C=O) groups excluding carboxylic acids is 3. The number of aromatic nitrogens is 2. The topological polar surface area (TPSA) is 126 Å². The molecule has 227 valence electrons. The van der Waals surface area contributed by atoms with E-state index in [4.69, 9.17) is 19.2 Å². The van der Waals surface area contributed by atoms with Crippen LogP contribution in [0.15, 0.2) is 47.4 Å². The maximum absolute atomic E-state index is 14.0. The monoisotopic (exact) mass is 603 g/mol. The molecule has 0 bridgehead atoms. The second kappa shape index (κ2) is 10.8. The number of hydrogen-bond donors (Lipinski definition) is 1. The van der Waals surface area contributed by atoms with Gasteiger partial charge >= 0.3 is 18.0 Å². The summed E-state index contributed by atoms with van der Waals surface area (Å²) < 4.78 is 18.1. The first kappa shape index (κ1) is 30.2. The first-order valence-corrected chi connectivity index (χ1v) is 17.5. The molecular formula is C32H37N3O7Si-. The van der Waals surface area contributed by atoms with Gasteiger partial charge in [0.15, 0.2) is 0 Å². The van der Waals surface area contributed by atoms with Gasteiger partial charge in [-0.05, 0) is 50.3 Å². The van der Waals surface area contributed by atoms with Crippen molar-refractivity contribution < 1.29 is 28.6 Å². The molecule has 1 atom stereocenters. The Morgan fingerprint density at radius 2 is 1.93 bits per heavy atom. The van der Waals surface area contributed by atoms with Crippen LogP contribution in [0.5, 0.6) is 0 Å². The molecule has 0 saturated heterocycles. The standard InChI is InChI=1S/C32H37N3O7Si/c1-8-32(41-25(36)14-15-33-30(39)42-31(3,4)5)22-16-24-26-20(17-35(24)28(37)21(22)18-40-29(32)38)27(43(6,7)9-2)19-12-10-11-13-23(19)34-26/h9-13,16H,2,8,14-15,17-18H2,1,3-7H3,(H,33,39)/q-1/t32-/m0/s1. The molecule has 3 aromatic rings. The average Bonchev–Trinajstić information content (AvgIpc) is 3.30. The van der Waals surface area contributed by atoms with E-state index < -0.39 is 37.3 Å². The second-order valence-electron chi connectivity index (χ2n) is 12.5. The largest absolute Gasteiger partial charge is 0.457 e. The number of pyridine rings is 2. The predicted molar refractivity (Wildman–Crippen MR) is 165 cm³/mol. The number of esters is 2. The smallest absolute Gasteiger partial charge is 0.407 e. The van der Waals surface area contributed by atoms with Gasteiger partial charge in [-0.3, -0.25) is 9.59 Å². The molecule has 2 aromatic heterocycles. The number of amides is 1. The highest BCUT2D eigenvalue weighted by molar-refractivity contribution is 6.95. The highest BCUT2D eigenvalue weighted by Crippen LogP contribution is 2.41. The first-order chi connectivity index (χ1) is 20.2. The Labute approximate surface area is 251 Å². The minimum absolute atomic E-state index is 0.0482. The fourth-order valence-corrected chi connectivity index (χ4v) is 7.93. The molecule has 2 aliphatic rings. The average molecular weight is 604 g/mol. The minimum Gasteiger partial charge on any atom is -0.457 e. The van der Waals surface area contributed by atoms with Gasteiger partial charge in [0, 0.05) is 12.1 Å². The lowest BCUT2D eigenvalue weighted by Gasteiger charge is -2.35. The van der Waals surface area contributed by atoms with Crippen molar-refractivity contribution in [2.45, 2.75) is 78.0 Å². The van der Waals surface area contributed by atoms with Crippen molar-refractivity contribution in [1.82, 2.24) is 14.9 Å². The third-order valence-electron chi connectivity index (χ3n) is 8.00. The van der Waals surface area contributed by atoms with Gasteiger partial charge in [-0.25, -0.2) is 20.3 Å². The Hall–Kier alpha value is -4.25. The summed E-state index contributed by atoms with van der Waals surface area (Å²) in [6.07, 6.45) is -0.835. The van der Waals surface area contributed by atoms with Crippen molar-refractivity contribution in [2.75, 3.05) is 6.54 Å². The lowest BCUT2D eigenvalue weighted by molar-refractivity contribution is -0.189. The van der Waals surface area contributed by atoms with Gasteiger partial charge in [-0.2, -0.15) is 18.3 Å². The van der Waals surface area contributed by atoms with Crippen LogP contribution >= 0.6 is 0 Å². The number of hydrogen-bond acceptors (Lipinski definition) is 8. The quantitative estimate of drug-likeness (QED) is 0.189. The maximum atomic E-state index is 14.0. The highest BCUT2D eigenvalue weighted by atomic mass is 28.3. The molecule has 0 spiro atoms. The minimum atomic E-state index is -2.14. The Bertz CT molecular complexity index is 1740. The molecule has 1 amide bonds. The van der Waals surface area contributed by atoms with Crippen molar-refractivity contribution in [1.29, 1.82) is 0 Å². The number of nitrogens with one attached hydrogen (secondary N) is 1. The number of ether oxygens (including phenoxy) is 3. The summed E-state index contributed by atoms with van der Waals surface area (Å²) in [5, 5.41) is 4.72. The molecule has 1 N–H and O–H groups in total. The van der Waals surface area contributed by atoms with Gasteiger partial charge in [0.1, 0.15) is 12.2 Å². The van der Waals surface area contributed by atoms with Gasteiger partial charge in [0.05, 0.1) is 35.4 Å². The van der Waals surface area contributed by atoms with Crippen LogP contribution in [0, 0.1) is 0 Å². The Kier molecular flexibility index (Phi) is 7.58. The molecule has 0 unspecified atom stereocenters. The van der Waals surface area contributed by atoms with E-state index in [9.17, 15) is 19.2 Å². The van der Waals surface area contributed by atoms with Gasteiger partial charge in [-0.1, -0.05) is 33.2 Å². The Morgan fingerprint density at radius 1 is 1.21 bits per heavy atom. The van der Waals surface area contributed by atoms with Crippen LogP contribution in [-0.2, 0) is 42.6 Å². The number of carbonyl (C=O) groups is 3. The zero-order valence-electron chi connectivity index (χ0n) is 25.5. The summed E-state index contributed by atoms with van der Waals surface area (Å²) in [7, 11) is -2.14. The van der Waals surface area contributed by atoms with E-state index in [1.165, 1.54) is 5.19 Å². The predicted octanol–water partition coefficient (Wildman–Crippen LogP) is 4.19. The molecule has 10 nitrogen and oxygen atoms in total. The maximum Gasteiger partial charge on any atom is 0.407 e. The van der Waals surface area contributed by atoms with E-state index in [0.717, 1.165) is 16.5 Å². The second-order valence-corrected chi connectivity index (χ2v) is 16.8. The van der Waals surface area contributed by atoms with E-state index in [-0.39, 0.29) is 37.1 Å². The van der Waals surface area contributed by atoms with Crippen molar-refractivity contribution >= 4 is 42.2 Å². The van der Waals surface area contributed by atoms with Crippen LogP contribution in [-0.4, -0.2) is 47.8 Å². The van der Waals surface area contributed by atoms with E-state index in [2.05, 4.69) is 31.1 Å². The molecule has 0 fully saturated rings. The highest BCUT2D eigenvalue weighted by Gasteiger charge is 2.50. The van der Waals surface area contributed by atoms with Crippen LogP contribution < -0.4 is 16.1 Å². The normalized spacial score (nSPS) is 17.4. The van der Waals surface area contributed by atoms with Crippen molar-refractivity contribution in [3.63, 3.8) is 0 Å². The number of fused-ring (bicyclic) bond motifs is 5. The van der Waals surface area contributed by atoms with Gasteiger partial charge in [-0.15, -0.1) is 6.58 Å². The van der Waals surface area contributed by atoms with E-state index >= 15 is 0 Å².